The summed E-state index contributed by atoms with van der Waals surface area (Å²) in [6, 6.07) is 5.01. The second-order valence-electron chi connectivity index (χ2n) is 3.47. The molecule has 0 radical (unpaired) electrons. The Bertz CT molecular complexity index is 435. The van der Waals surface area contributed by atoms with Gasteiger partial charge in [0.15, 0.2) is 0 Å². The molecule has 0 fully saturated rings. The van der Waals surface area contributed by atoms with Gasteiger partial charge in [0.25, 0.3) is 0 Å². The summed E-state index contributed by atoms with van der Waals surface area (Å²) in [4.78, 5) is 11.5. The van der Waals surface area contributed by atoms with Crippen LogP contribution in [0.1, 0.15) is 10.4 Å². The molecular weight excluding hydrogens is 240 g/mol. The number of nitrogens with one attached hydrogen (secondary N) is 1. The minimum atomic E-state index is -0.884. The third-order valence-corrected chi connectivity index (χ3v) is 2.97. The molecule has 0 heterocycles. The van der Waals surface area contributed by atoms with Gasteiger partial charge in [-0.3, -0.25) is 4.21 Å². The van der Waals surface area contributed by atoms with E-state index in [0.717, 1.165) is 0 Å². The number of hydrogen-bond acceptors (Lipinski definition) is 5. The van der Waals surface area contributed by atoms with Crippen molar-refractivity contribution in [1.82, 2.24) is 0 Å². The SMILES string of the molecule is COC(=O)c1cccc(N)c1NCCS(C)=O. The van der Waals surface area contributed by atoms with Gasteiger partial charge in [-0.2, -0.15) is 0 Å². The first-order valence-electron chi connectivity index (χ1n) is 5.07. The Morgan fingerprint density at radius 3 is 2.82 bits per heavy atom. The number of esters is 1. The zero-order valence-electron chi connectivity index (χ0n) is 9.86. The molecule has 1 rings (SSSR count). The molecule has 1 aromatic carbocycles. The first-order valence-corrected chi connectivity index (χ1v) is 6.79. The maximum Gasteiger partial charge on any atom is 0.340 e. The van der Waals surface area contributed by atoms with Crippen molar-refractivity contribution in [2.24, 2.45) is 0 Å². The number of methoxy groups -OCH3 is 1. The Morgan fingerprint density at radius 1 is 1.53 bits per heavy atom. The molecule has 0 aliphatic rings. The van der Waals surface area contributed by atoms with Gasteiger partial charge < -0.3 is 15.8 Å². The molecule has 1 aromatic rings. The summed E-state index contributed by atoms with van der Waals surface area (Å²) in [7, 11) is 0.431. The van der Waals surface area contributed by atoms with E-state index in [0.29, 0.717) is 29.2 Å². The lowest BCUT2D eigenvalue weighted by Crippen LogP contribution is -2.15. The van der Waals surface area contributed by atoms with Gasteiger partial charge in [0, 0.05) is 29.4 Å². The van der Waals surface area contributed by atoms with Crippen molar-refractivity contribution >= 4 is 28.1 Å². The third kappa shape index (κ3) is 3.74. The first kappa shape index (κ1) is 13.5. The number of carbonyl (C=O) groups is 1. The van der Waals surface area contributed by atoms with E-state index >= 15 is 0 Å². The Hall–Kier alpha value is -1.56. The maximum absolute atomic E-state index is 11.5. The molecule has 17 heavy (non-hydrogen) atoms. The molecule has 0 spiro atoms. The fourth-order valence-corrected chi connectivity index (χ4v) is 1.76. The van der Waals surface area contributed by atoms with Gasteiger partial charge in [-0.1, -0.05) is 6.07 Å². The molecule has 0 bridgehead atoms. The van der Waals surface area contributed by atoms with Crippen molar-refractivity contribution in [3.8, 4) is 0 Å². The molecule has 0 amide bonds. The maximum atomic E-state index is 11.5. The highest BCUT2D eigenvalue weighted by atomic mass is 32.2. The van der Waals surface area contributed by atoms with E-state index in [1.807, 2.05) is 0 Å². The molecule has 0 aliphatic heterocycles. The minimum Gasteiger partial charge on any atom is -0.465 e. The third-order valence-electron chi connectivity index (χ3n) is 2.19. The molecule has 1 unspecified atom stereocenters. The molecule has 0 aliphatic carbocycles. The van der Waals surface area contributed by atoms with Crippen molar-refractivity contribution in [3.63, 3.8) is 0 Å². The zero-order chi connectivity index (χ0) is 12.8. The molecule has 0 saturated heterocycles. The highest BCUT2D eigenvalue weighted by molar-refractivity contribution is 7.84. The van der Waals surface area contributed by atoms with Crippen LogP contribution in [0.5, 0.6) is 0 Å². The smallest absolute Gasteiger partial charge is 0.340 e. The minimum absolute atomic E-state index is 0.384. The van der Waals surface area contributed by atoms with Gasteiger partial charge >= 0.3 is 5.97 Å². The Kier molecular flexibility index (Phi) is 4.96. The van der Waals surface area contributed by atoms with Crippen LogP contribution in [-0.2, 0) is 15.5 Å². The highest BCUT2D eigenvalue weighted by Gasteiger charge is 2.13. The lowest BCUT2D eigenvalue weighted by molar-refractivity contribution is 0.0602. The number of carbonyl (C=O) groups excluding carboxylic acids is 1. The van der Waals surface area contributed by atoms with Gasteiger partial charge in [-0.25, -0.2) is 4.79 Å². The number of benzene rings is 1. The fraction of sp³-hybridized carbons (Fsp3) is 0.364. The van der Waals surface area contributed by atoms with Crippen LogP contribution in [0.2, 0.25) is 0 Å². The van der Waals surface area contributed by atoms with Crippen molar-refractivity contribution in [2.75, 3.05) is 36.7 Å². The molecule has 1 atom stereocenters. The Morgan fingerprint density at radius 2 is 2.24 bits per heavy atom. The number of anilines is 2. The summed E-state index contributed by atoms with van der Waals surface area (Å²) in [6.45, 7) is 0.487. The normalized spacial score (nSPS) is 11.9. The van der Waals surface area contributed by atoms with Crippen LogP contribution in [0.3, 0.4) is 0 Å². The topological polar surface area (TPSA) is 81.4 Å². The summed E-state index contributed by atoms with van der Waals surface area (Å²) in [5.41, 5.74) is 7.17. The molecule has 0 saturated carbocycles. The number of ether oxygens (including phenoxy) is 1. The van der Waals surface area contributed by atoms with Crippen LogP contribution in [0.4, 0.5) is 11.4 Å². The monoisotopic (exact) mass is 256 g/mol. The average Bonchev–Trinajstić information content (AvgIpc) is 2.29. The number of nitrogens with two attached hydrogens (primary N) is 1. The lowest BCUT2D eigenvalue weighted by Gasteiger charge is -2.12. The van der Waals surface area contributed by atoms with Crippen molar-refractivity contribution in [1.29, 1.82) is 0 Å². The van der Waals surface area contributed by atoms with Gasteiger partial charge in [0.2, 0.25) is 0 Å². The van der Waals surface area contributed by atoms with E-state index in [2.05, 4.69) is 10.1 Å². The standard InChI is InChI=1S/C11H16N2O3S/c1-16-11(14)8-4-3-5-9(12)10(8)13-6-7-17(2)15/h3-5,13H,6-7,12H2,1-2H3. The molecule has 0 aromatic heterocycles. The fourth-order valence-electron chi connectivity index (χ4n) is 1.37. The number of hydrogen-bond donors (Lipinski definition) is 2. The zero-order valence-corrected chi connectivity index (χ0v) is 10.7. The van der Waals surface area contributed by atoms with Crippen LogP contribution in [0.15, 0.2) is 18.2 Å². The predicted molar refractivity (Wildman–Crippen MR) is 69.6 cm³/mol. The Labute approximate surface area is 103 Å². The van der Waals surface area contributed by atoms with Crippen LogP contribution in [-0.4, -0.2) is 35.8 Å². The van der Waals surface area contributed by atoms with Gasteiger partial charge in [0.1, 0.15) is 0 Å². The summed E-state index contributed by atoms with van der Waals surface area (Å²) < 4.78 is 15.6. The lowest BCUT2D eigenvalue weighted by atomic mass is 10.1. The van der Waals surface area contributed by atoms with E-state index in [1.165, 1.54) is 7.11 Å². The summed E-state index contributed by atoms with van der Waals surface area (Å²) >= 11 is 0. The van der Waals surface area contributed by atoms with Gasteiger partial charge in [-0.05, 0) is 12.1 Å². The average molecular weight is 256 g/mol. The van der Waals surface area contributed by atoms with Crippen molar-refractivity contribution < 1.29 is 13.7 Å². The number of para-hydroxylation sites is 1. The molecule has 94 valence electrons. The van der Waals surface area contributed by atoms with Crippen molar-refractivity contribution in [3.05, 3.63) is 23.8 Å². The van der Waals surface area contributed by atoms with Gasteiger partial charge in [-0.15, -0.1) is 0 Å². The Balaban J connectivity index is 2.88. The largest absolute Gasteiger partial charge is 0.465 e. The van der Waals surface area contributed by atoms with E-state index < -0.39 is 16.8 Å². The van der Waals surface area contributed by atoms with E-state index in [9.17, 15) is 9.00 Å². The first-order chi connectivity index (χ1) is 8.06. The number of rotatable bonds is 5. The van der Waals surface area contributed by atoms with E-state index in [-0.39, 0.29) is 0 Å². The van der Waals surface area contributed by atoms with Crippen LogP contribution < -0.4 is 11.1 Å². The summed E-state index contributed by atoms with van der Waals surface area (Å²) in [6.07, 6.45) is 1.62. The molecular formula is C11H16N2O3S. The van der Waals surface area contributed by atoms with Crippen LogP contribution in [0.25, 0.3) is 0 Å². The van der Waals surface area contributed by atoms with Crippen molar-refractivity contribution in [2.45, 2.75) is 0 Å². The second kappa shape index (κ2) is 6.24. The summed E-state index contributed by atoms with van der Waals surface area (Å²) in [5.74, 6) is 0.0482. The summed E-state index contributed by atoms with van der Waals surface area (Å²) in [5, 5.41) is 3.01. The number of nitrogen functional groups attached to an aromatic ring is 1. The van der Waals surface area contributed by atoms with Crippen LogP contribution in [0, 0.1) is 0 Å². The second-order valence-corrected chi connectivity index (χ2v) is 5.02. The van der Waals surface area contributed by atoms with Crippen LogP contribution >= 0.6 is 0 Å². The predicted octanol–water partition coefficient (Wildman–Crippen LogP) is 0.846. The van der Waals surface area contributed by atoms with E-state index in [1.54, 1.807) is 24.5 Å². The highest BCUT2D eigenvalue weighted by Crippen LogP contribution is 2.23. The quantitative estimate of drug-likeness (QED) is 0.603. The van der Waals surface area contributed by atoms with Gasteiger partial charge in [0.05, 0.1) is 24.0 Å². The van der Waals surface area contributed by atoms with E-state index in [4.69, 9.17) is 5.73 Å². The molecule has 6 heteroatoms. The molecule has 5 nitrogen and oxygen atoms in total. The molecule has 3 N–H and O–H groups in total.